The number of hydrogen-bond acceptors (Lipinski definition) is 4. The topological polar surface area (TPSA) is 83.6 Å². The van der Waals surface area contributed by atoms with Gasteiger partial charge in [0.15, 0.2) is 0 Å². The van der Waals surface area contributed by atoms with Crippen LogP contribution < -0.4 is 5.73 Å². The van der Waals surface area contributed by atoms with Crippen LogP contribution in [0, 0.1) is 0 Å². The number of aromatic hydroxyl groups is 1. The van der Waals surface area contributed by atoms with Gasteiger partial charge >= 0.3 is 0 Å². The molecule has 1 aliphatic rings. The van der Waals surface area contributed by atoms with Crippen molar-refractivity contribution in [2.24, 2.45) is 0 Å². The van der Waals surface area contributed by atoms with Crippen molar-refractivity contribution in [2.45, 2.75) is 50.1 Å². The Bertz CT molecular complexity index is 561. The van der Waals surface area contributed by atoms with E-state index in [0.717, 1.165) is 19.3 Å². The van der Waals surface area contributed by atoms with Gasteiger partial charge in [-0.05, 0) is 44.9 Å². The second kappa shape index (κ2) is 5.02. The highest BCUT2D eigenvalue weighted by Gasteiger charge is 2.35. The fourth-order valence-electron chi connectivity index (χ4n) is 2.69. The third-order valence-electron chi connectivity index (χ3n) is 3.69. The van der Waals surface area contributed by atoms with E-state index in [1.54, 1.807) is 4.31 Å². The molecule has 19 heavy (non-hydrogen) atoms. The average Bonchev–Trinajstić information content (AvgIpc) is 2.32. The number of nitrogens with two attached hydrogens (primary N) is 1. The van der Waals surface area contributed by atoms with E-state index in [-0.39, 0.29) is 28.4 Å². The molecule has 2 atom stereocenters. The molecule has 1 aromatic rings. The van der Waals surface area contributed by atoms with Crippen LogP contribution in [0.25, 0.3) is 0 Å². The van der Waals surface area contributed by atoms with Gasteiger partial charge in [0.2, 0.25) is 10.0 Å². The van der Waals surface area contributed by atoms with Gasteiger partial charge < -0.3 is 10.8 Å². The standard InChI is InChI=1S/C13H20N2O3S/c1-9-4-3-5-10(2)15(9)19(17,18)11-6-7-13(16)12(14)8-11/h6-10,16H,3-5,14H2,1-2H3/t9-,10+. The lowest BCUT2D eigenvalue weighted by molar-refractivity contribution is 0.204. The molecule has 1 fully saturated rings. The largest absolute Gasteiger partial charge is 0.506 e. The third-order valence-corrected chi connectivity index (χ3v) is 5.81. The van der Waals surface area contributed by atoms with Gasteiger partial charge in [-0.1, -0.05) is 6.42 Å². The summed E-state index contributed by atoms with van der Waals surface area (Å²) in [5.41, 5.74) is 5.67. The fraction of sp³-hybridized carbons (Fsp3) is 0.538. The molecule has 3 N–H and O–H groups in total. The van der Waals surface area contributed by atoms with Crippen molar-refractivity contribution in [3.05, 3.63) is 18.2 Å². The summed E-state index contributed by atoms with van der Waals surface area (Å²) in [4.78, 5) is 0.142. The Hall–Kier alpha value is -1.27. The molecule has 0 saturated carbocycles. The first-order chi connectivity index (χ1) is 8.84. The number of phenols is 1. The summed E-state index contributed by atoms with van der Waals surface area (Å²) in [6, 6.07) is 4.02. The first-order valence-electron chi connectivity index (χ1n) is 6.46. The first kappa shape index (κ1) is 14.1. The minimum Gasteiger partial charge on any atom is -0.506 e. The zero-order chi connectivity index (χ0) is 14.2. The van der Waals surface area contributed by atoms with Crippen molar-refractivity contribution in [3.8, 4) is 5.75 Å². The number of nitrogen functional groups attached to an aromatic ring is 1. The number of anilines is 1. The number of hydrogen-bond donors (Lipinski definition) is 2. The van der Waals surface area contributed by atoms with Crippen molar-refractivity contribution in [2.75, 3.05) is 5.73 Å². The molecule has 0 bridgehead atoms. The number of sulfonamides is 1. The lowest BCUT2D eigenvalue weighted by Crippen LogP contribution is -2.47. The Morgan fingerprint density at radius 1 is 1.26 bits per heavy atom. The Kier molecular flexibility index (Phi) is 3.73. The number of benzene rings is 1. The van der Waals surface area contributed by atoms with Gasteiger partial charge in [-0.3, -0.25) is 0 Å². The van der Waals surface area contributed by atoms with E-state index in [4.69, 9.17) is 5.73 Å². The number of nitrogens with zero attached hydrogens (tertiary/aromatic N) is 1. The summed E-state index contributed by atoms with van der Waals surface area (Å²) in [6.45, 7) is 3.86. The summed E-state index contributed by atoms with van der Waals surface area (Å²) in [6.07, 6.45) is 2.79. The van der Waals surface area contributed by atoms with Gasteiger partial charge in [0.1, 0.15) is 5.75 Å². The van der Waals surface area contributed by atoms with E-state index < -0.39 is 10.0 Å². The van der Waals surface area contributed by atoms with Crippen molar-refractivity contribution >= 4 is 15.7 Å². The Morgan fingerprint density at radius 2 is 1.84 bits per heavy atom. The molecule has 1 saturated heterocycles. The molecule has 0 radical (unpaired) electrons. The van der Waals surface area contributed by atoms with E-state index in [1.807, 2.05) is 13.8 Å². The maximum atomic E-state index is 12.7. The molecular weight excluding hydrogens is 264 g/mol. The van der Waals surface area contributed by atoms with Gasteiger partial charge in [-0.25, -0.2) is 8.42 Å². The van der Waals surface area contributed by atoms with Crippen LogP contribution in [0.5, 0.6) is 5.75 Å². The van der Waals surface area contributed by atoms with Gasteiger partial charge in [0.05, 0.1) is 10.6 Å². The SMILES string of the molecule is C[C@@H]1CCC[C@H](C)N1S(=O)(=O)c1ccc(O)c(N)c1. The predicted octanol–water partition coefficient (Wildman–Crippen LogP) is 1.93. The molecule has 2 rings (SSSR count). The maximum Gasteiger partial charge on any atom is 0.243 e. The zero-order valence-electron chi connectivity index (χ0n) is 11.2. The molecule has 0 unspecified atom stereocenters. The molecule has 6 heteroatoms. The molecular formula is C13H20N2O3S. The summed E-state index contributed by atoms with van der Waals surface area (Å²) in [7, 11) is -3.56. The van der Waals surface area contributed by atoms with Crippen molar-refractivity contribution < 1.29 is 13.5 Å². The summed E-state index contributed by atoms with van der Waals surface area (Å²) in [5.74, 6) is -0.0984. The summed E-state index contributed by atoms with van der Waals surface area (Å²) in [5, 5.41) is 9.39. The zero-order valence-corrected chi connectivity index (χ0v) is 12.0. The Morgan fingerprint density at radius 3 is 2.37 bits per heavy atom. The van der Waals surface area contributed by atoms with Crippen LogP contribution in [-0.4, -0.2) is 29.9 Å². The van der Waals surface area contributed by atoms with E-state index in [9.17, 15) is 13.5 Å². The normalized spacial score (nSPS) is 25.4. The first-order valence-corrected chi connectivity index (χ1v) is 7.90. The van der Waals surface area contributed by atoms with Gasteiger partial charge in [0, 0.05) is 12.1 Å². The molecule has 0 spiro atoms. The predicted molar refractivity (Wildman–Crippen MR) is 74.3 cm³/mol. The minimum atomic E-state index is -3.56. The van der Waals surface area contributed by atoms with Crippen molar-refractivity contribution in [1.29, 1.82) is 0 Å². The molecule has 5 nitrogen and oxygen atoms in total. The molecule has 0 aliphatic carbocycles. The number of phenolic OH excluding ortho intramolecular Hbond substituents is 1. The van der Waals surface area contributed by atoms with Crippen LogP contribution in [0.4, 0.5) is 5.69 Å². The lowest BCUT2D eigenvalue weighted by Gasteiger charge is -2.37. The molecule has 0 aromatic heterocycles. The van der Waals surface area contributed by atoms with Crippen LogP contribution >= 0.6 is 0 Å². The van der Waals surface area contributed by atoms with Crippen LogP contribution in [-0.2, 0) is 10.0 Å². The second-order valence-corrected chi connectivity index (χ2v) is 7.03. The van der Waals surface area contributed by atoms with Gasteiger partial charge in [-0.15, -0.1) is 0 Å². The van der Waals surface area contributed by atoms with Crippen LogP contribution in [0.3, 0.4) is 0 Å². The van der Waals surface area contributed by atoms with E-state index in [1.165, 1.54) is 18.2 Å². The smallest absolute Gasteiger partial charge is 0.243 e. The molecule has 1 aromatic carbocycles. The quantitative estimate of drug-likeness (QED) is 0.642. The van der Waals surface area contributed by atoms with Gasteiger partial charge in [-0.2, -0.15) is 4.31 Å². The molecule has 1 heterocycles. The highest BCUT2D eigenvalue weighted by molar-refractivity contribution is 7.89. The minimum absolute atomic E-state index is 0.0104. The fourth-order valence-corrected chi connectivity index (χ4v) is 4.60. The van der Waals surface area contributed by atoms with Gasteiger partial charge in [0.25, 0.3) is 0 Å². The monoisotopic (exact) mass is 284 g/mol. The van der Waals surface area contributed by atoms with Crippen LogP contribution in [0.15, 0.2) is 23.1 Å². The third kappa shape index (κ3) is 2.55. The van der Waals surface area contributed by atoms with E-state index in [0.29, 0.717) is 0 Å². The molecule has 106 valence electrons. The molecule has 1 aliphatic heterocycles. The summed E-state index contributed by atoms with van der Waals surface area (Å²) < 4.78 is 26.9. The maximum absolute atomic E-state index is 12.7. The highest BCUT2D eigenvalue weighted by Crippen LogP contribution is 2.31. The summed E-state index contributed by atoms with van der Waals surface area (Å²) >= 11 is 0. The van der Waals surface area contributed by atoms with Crippen molar-refractivity contribution in [3.63, 3.8) is 0 Å². The molecule has 0 amide bonds. The Balaban J connectivity index is 2.43. The second-order valence-electron chi connectivity index (χ2n) is 5.18. The van der Waals surface area contributed by atoms with E-state index >= 15 is 0 Å². The van der Waals surface area contributed by atoms with Crippen molar-refractivity contribution in [1.82, 2.24) is 4.31 Å². The average molecular weight is 284 g/mol. The lowest BCUT2D eigenvalue weighted by atomic mass is 10.0. The number of piperidine rings is 1. The van der Waals surface area contributed by atoms with E-state index in [2.05, 4.69) is 0 Å². The Labute approximate surface area is 114 Å². The van der Waals surface area contributed by atoms with Crippen LogP contribution in [0.1, 0.15) is 33.1 Å². The highest BCUT2D eigenvalue weighted by atomic mass is 32.2. The van der Waals surface area contributed by atoms with Crippen LogP contribution in [0.2, 0.25) is 0 Å². The number of rotatable bonds is 2.